The van der Waals surface area contributed by atoms with Crippen LogP contribution in [0.4, 0.5) is 8.78 Å². The third-order valence-electron chi connectivity index (χ3n) is 2.74. The number of pyridine rings is 1. The molecule has 2 N–H and O–H groups in total. The van der Waals surface area contributed by atoms with Gasteiger partial charge in [0.1, 0.15) is 11.4 Å². The Labute approximate surface area is 110 Å². The van der Waals surface area contributed by atoms with Gasteiger partial charge >= 0.3 is 0 Å². The van der Waals surface area contributed by atoms with E-state index in [2.05, 4.69) is 24.9 Å². The van der Waals surface area contributed by atoms with E-state index in [4.69, 9.17) is 0 Å². The topological polar surface area (TPSA) is 87.3 Å². The van der Waals surface area contributed by atoms with Crippen LogP contribution in [0.1, 0.15) is 12.6 Å². The molecule has 0 saturated heterocycles. The number of rotatable bonds is 2. The van der Waals surface area contributed by atoms with E-state index in [-0.39, 0.29) is 33.9 Å². The molecule has 0 atom stereocenters. The van der Waals surface area contributed by atoms with Gasteiger partial charge in [0, 0.05) is 6.92 Å². The van der Waals surface area contributed by atoms with Crippen molar-refractivity contribution in [1.29, 1.82) is 0 Å². The molecular formula is C12H9F2N5O. The first-order chi connectivity index (χ1) is 9.45. The zero-order valence-corrected chi connectivity index (χ0v) is 10.3. The molecule has 0 amide bonds. The summed E-state index contributed by atoms with van der Waals surface area (Å²) < 4.78 is 26.5. The molecule has 20 heavy (non-hydrogen) atoms. The van der Waals surface area contributed by atoms with Crippen LogP contribution in [0.15, 0.2) is 29.3 Å². The molecular weight excluding hydrogens is 268 g/mol. The largest absolute Gasteiger partial charge is 0.331 e. The van der Waals surface area contributed by atoms with Crippen molar-refractivity contribution in [3.05, 3.63) is 40.6 Å². The van der Waals surface area contributed by atoms with Crippen LogP contribution in [0.25, 0.3) is 22.7 Å². The predicted molar refractivity (Wildman–Crippen MR) is 67.3 cm³/mol. The Morgan fingerprint density at radius 1 is 1.25 bits per heavy atom. The van der Waals surface area contributed by atoms with Crippen LogP contribution >= 0.6 is 0 Å². The summed E-state index contributed by atoms with van der Waals surface area (Å²) in [6, 6.07) is 4.22. The summed E-state index contributed by atoms with van der Waals surface area (Å²) in [5, 5.41) is 0. The molecule has 0 fully saturated rings. The van der Waals surface area contributed by atoms with Gasteiger partial charge in [-0.25, -0.2) is 15.0 Å². The third kappa shape index (κ3) is 2.04. The first-order valence-electron chi connectivity index (χ1n) is 5.74. The molecule has 0 bridgehead atoms. The van der Waals surface area contributed by atoms with E-state index < -0.39 is 5.92 Å². The quantitative estimate of drug-likeness (QED) is 0.748. The Balaban J connectivity index is 2.16. The van der Waals surface area contributed by atoms with E-state index in [1.807, 2.05) is 0 Å². The van der Waals surface area contributed by atoms with Crippen LogP contribution < -0.4 is 5.56 Å². The van der Waals surface area contributed by atoms with Gasteiger partial charge in [0.15, 0.2) is 17.0 Å². The molecule has 102 valence electrons. The molecule has 3 rings (SSSR count). The summed E-state index contributed by atoms with van der Waals surface area (Å²) in [6.45, 7) is 0.768. The number of halogens is 2. The van der Waals surface area contributed by atoms with Gasteiger partial charge in [0.25, 0.3) is 11.5 Å². The first kappa shape index (κ1) is 12.4. The molecule has 0 aromatic carbocycles. The third-order valence-corrected chi connectivity index (χ3v) is 2.74. The Kier molecular flexibility index (Phi) is 2.60. The SMILES string of the molecule is CC(F)(F)c1cccc(-c2nc3nc[nH]c(=O)c3[nH]2)n1. The summed E-state index contributed by atoms with van der Waals surface area (Å²) in [5.41, 5.74) is -0.137. The minimum Gasteiger partial charge on any atom is -0.331 e. The van der Waals surface area contributed by atoms with Crippen LogP contribution in [0.2, 0.25) is 0 Å². The predicted octanol–water partition coefficient (Wildman–Crippen LogP) is 1.82. The summed E-state index contributed by atoms with van der Waals surface area (Å²) in [5.74, 6) is -2.83. The number of alkyl halides is 2. The number of nitrogens with zero attached hydrogens (tertiary/aromatic N) is 3. The van der Waals surface area contributed by atoms with Crippen molar-refractivity contribution in [3.8, 4) is 11.5 Å². The second kappa shape index (κ2) is 4.19. The van der Waals surface area contributed by atoms with Crippen molar-refractivity contribution in [2.75, 3.05) is 0 Å². The highest BCUT2D eigenvalue weighted by atomic mass is 19.3. The van der Waals surface area contributed by atoms with Gasteiger partial charge in [-0.05, 0) is 12.1 Å². The molecule has 8 heteroatoms. The molecule has 3 aromatic rings. The molecule has 6 nitrogen and oxygen atoms in total. The molecule has 0 aliphatic heterocycles. The number of fused-ring (bicyclic) bond motifs is 1. The van der Waals surface area contributed by atoms with Crippen LogP contribution in [0, 0.1) is 0 Å². The van der Waals surface area contributed by atoms with E-state index in [1.165, 1.54) is 24.5 Å². The van der Waals surface area contributed by atoms with Crippen LogP contribution in [0.3, 0.4) is 0 Å². The Morgan fingerprint density at radius 3 is 2.75 bits per heavy atom. The van der Waals surface area contributed by atoms with Gasteiger partial charge in [-0.15, -0.1) is 0 Å². The maximum Gasteiger partial charge on any atom is 0.286 e. The van der Waals surface area contributed by atoms with Crippen molar-refractivity contribution in [2.45, 2.75) is 12.8 Å². The number of nitrogens with one attached hydrogen (secondary N) is 2. The van der Waals surface area contributed by atoms with Crippen LogP contribution in [0.5, 0.6) is 0 Å². The lowest BCUT2D eigenvalue weighted by Crippen LogP contribution is -2.10. The number of hydrogen-bond donors (Lipinski definition) is 2. The van der Waals surface area contributed by atoms with Crippen LogP contribution in [-0.2, 0) is 5.92 Å². The molecule has 0 aliphatic rings. The van der Waals surface area contributed by atoms with E-state index in [0.29, 0.717) is 0 Å². The summed E-state index contributed by atoms with van der Waals surface area (Å²) in [4.78, 5) is 28.5. The van der Waals surface area contributed by atoms with Gasteiger partial charge < -0.3 is 9.97 Å². The van der Waals surface area contributed by atoms with Crippen LogP contribution in [-0.4, -0.2) is 24.9 Å². The smallest absolute Gasteiger partial charge is 0.286 e. The van der Waals surface area contributed by atoms with E-state index in [1.54, 1.807) is 0 Å². The highest BCUT2D eigenvalue weighted by molar-refractivity contribution is 5.73. The highest BCUT2D eigenvalue weighted by Crippen LogP contribution is 2.26. The van der Waals surface area contributed by atoms with E-state index >= 15 is 0 Å². The average Bonchev–Trinajstić information content (AvgIpc) is 2.83. The normalized spacial score (nSPS) is 11.9. The number of imidazole rings is 1. The lowest BCUT2D eigenvalue weighted by atomic mass is 10.2. The van der Waals surface area contributed by atoms with Gasteiger partial charge in [0.05, 0.1) is 6.33 Å². The van der Waals surface area contributed by atoms with E-state index in [9.17, 15) is 13.6 Å². The summed E-state index contributed by atoms with van der Waals surface area (Å²) >= 11 is 0. The lowest BCUT2D eigenvalue weighted by molar-refractivity contribution is 0.0129. The fraction of sp³-hybridized carbons (Fsp3) is 0.167. The first-order valence-corrected chi connectivity index (χ1v) is 5.74. The molecule has 0 radical (unpaired) electrons. The molecule has 0 saturated carbocycles. The van der Waals surface area contributed by atoms with Gasteiger partial charge in [-0.3, -0.25) is 4.79 Å². The lowest BCUT2D eigenvalue weighted by Gasteiger charge is -2.09. The Bertz CT molecular complexity index is 833. The monoisotopic (exact) mass is 277 g/mol. The number of H-pyrrole nitrogens is 2. The zero-order chi connectivity index (χ0) is 14.3. The fourth-order valence-corrected chi connectivity index (χ4v) is 1.77. The minimum atomic E-state index is -3.04. The summed E-state index contributed by atoms with van der Waals surface area (Å²) in [7, 11) is 0. The molecule has 0 unspecified atom stereocenters. The van der Waals surface area contributed by atoms with Crippen molar-refractivity contribution in [2.24, 2.45) is 0 Å². The number of hydrogen-bond acceptors (Lipinski definition) is 4. The number of aromatic amines is 2. The van der Waals surface area contributed by atoms with Crippen molar-refractivity contribution in [1.82, 2.24) is 24.9 Å². The average molecular weight is 277 g/mol. The van der Waals surface area contributed by atoms with Gasteiger partial charge in [-0.2, -0.15) is 8.78 Å². The fourth-order valence-electron chi connectivity index (χ4n) is 1.77. The molecule has 3 heterocycles. The summed E-state index contributed by atoms with van der Waals surface area (Å²) in [6.07, 6.45) is 1.22. The Hall–Kier alpha value is -2.64. The highest BCUT2D eigenvalue weighted by Gasteiger charge is 2.26. The molecule has 0 spiro atoms. The minimum absolute atomic E-state index is 0.179. The zero-order valence-electron chi connectivity index (χ0n) is 10.3. The van der Waals surface area contributed by atoms with Crippen molar-refractivity contribution < 1.29 is 8.78 Å². The maximum atomic E-state index is 13.3. The Morgan fingerprint density at radius 2 is 2.05 bits per heavy atom. The second-order valence-electron chi connectivity index (χ2n) is 4.31. The van der Waals surface area contributed by atoms with Crippen molar-refractivity contribution >= 4 is 11.2 Å². The standard InChI is InChI=1S/C12H9F2N5O/c1-12(13,14)7-4-2-3-6(17-7)9-18-8-10(19-9)15-5-16-11(8)20/h2-5H,1H3,(H2,15,16,18,19,20). The molecule has 0 aliphatic carbocycles. The van der Waals surface area contributed by atoms with Gasteiger partial charge in [-0.1, -0.05) is 6.07 Å². The van der Waals surface area contributed by atoms with Crippen molar-refractivity contribution in [3.63, 3.8) is 0 Å². The molecule has 3 aromatic heterocycles. The maximum absolute atomic E-state index is 13.3. The second-order valence-corrected chi connectivity index (χ2v) is 4.31. The van der Waals surface area contributed by atoms with E-state index in [0.717, 1.165) is 6.92 Å². The van der Waals surface area contributed by atoms with Gasteiger partial charge in [0.2, 0.25) is 0 Å². The number of aromatic nitrogens is 5.